The zero-order valence-corrected chi connectivity index (χ0v) is 17.6. The van der Waals surface area contributed by atoms with E-state index in [2.05, 4.69) is 16.9 Å². The van der Waals surface area contributed by atoms with Crippen LogP contribution >= 0.6 is 47.2 Å². The Morgan fingerprint density at radius 1 is 1.38 bits per heavy atom. The SMILES string of the molecule is C=C(C)CNC(N)=NCC1(c2ccc(Cl)cc2Cl)CCOCC1.I. The lowest BCUT2D eigenvalue weighted by Crippen LogP contribution is -2.39. The summed E-state index contributed by atoms with van der Waals surface area (Å²) in [6, 6.07) is 5.64. The summed E-state index contributed by atoms with van der Waals surface area (Å²) in [5, 5.41) is 4.36. The molecule has 1 aliphatic heterocycles. The number of nitrogens with two attached hydrogens (primary N) is 1. The first kappa shape index (κ1) is 21.5. The fraction of sp³-hybridized carbons (Fsp3) is 0.471. The van der Waals surface area contributed by atoms with Crippen molar-refractivity contribution in [2.75, 3.05) is 26.3 Å². The van der Waals surface area contributed by atoms with Crippen LogP contribution in [-0.4, -0.2) is 32.3 Å². The smallest absolute Gasteiger partial charge is 0.188 e. The molecule has 0 atom stereocenters. The van der Waals surface area contributed by atoms with Gasteiger partial charge in [0, 0.05) is 35.2 Å². The molecule has 4 nitrogen and oxygen atoms in total. The van der Waals surface area contributed by atoms with E-state index in [0.717, 1.165) is 24.0 Å². The van der Waals surface area contributed by atoms with Crippen LogP contribution < -0.4 is 11.1 Å². The summed E-state index contributed by atoms with van der Waals surface area (Å²) >= 11 is 12.5. The van der Waals surface area contributed by atoms with Crippen molar-refractivity contribution < 1.29 is 4.74 Å². The number of nitrogens with zero attached hydrogens (tertiary/aromatic N) is 1. The average Bonchev–Trinajstić information content (AvgIpc) is 2.51. The Labute approximate surface area is 170 Å². The van der Waals surface area contributed by atoms with Gasteiger partial charge >= 0.3 is 0 Å². The van der Waals surface area contributed by atoms with Crippen molar-refractivity contribution in [3.63, 3.8) is 0 Å². The van der Waals surface area contributed by atoms with E-state index in [-0.39, 0.29) is 29.4 Å². The second-order valence-corrected chi connectivity index (χ2v) is 6.87. The summed E-state index contributed by atoms with van der Waals surface area (Å²) < 4.78 is 5.52. The van der Waals surface area contributed by atoms with Gasteiger partial charge in [-0.1, -0.05) is 41.4 Å². The summed E-state index contributed by atoms with van der Waals surface area (Å²) in [5.41, 5.74) is 7.84. The number of nitrogens with one attached hydrogen (secondary N) is 1. The van der Waals surface area contributed by atoms with Crippen LogP contribution in [0.4, 0.5) is 0 Å². The summed E-state index contributed by atoms with van der Waals surface area (Å²) in [6.45, 7) is 8.33. The summed E-state index contributed by atoms with van der Waals surface area (Å²) in [4.78, 5) is 4.53. The number of halogens is 3. The van der Waals surface area contributed by atoms with Crippen LogP contribution in [0.15, 0.2) is 35.3 Å². The Balaban J connectivity index is 0.00000288. The van der Waals surface area contributed by atoms with Crippen molar-refractivity contribution >= 4 is 53.1 Å². The molecule has 0 unspecified atom stereocenters. The molecule has 134 valence electrons. The van der Waals surface area contributed by atoms with Gasteiger partial charge in [-0.2, -0.15) is 0 Å². The van der Waals surface area contributed by atoms with Gasteiger partial charge in [-0.15, -0.1) is 24.0 Å². The van der Waals surface area contributed by atoms with E-state index in [0.29, 0.717) is 42.3 Å². The fourth-order valence-corrected chi connectivity index (χ4v) is 3.34. The number of aliphatic imine (C=N–C) groups is 1. The number of rotatable bonds is 5. The van der Waals surface area contributed by atoms with E-state index in [9.17, 15) is 0 Å². The minimum atomic E-state index is -0.171. The largest absolute Gasteiger partial charge is 0.381 e. The van der Waals surface area contributed by atoms with Crippen LogP contribution in [0.1, 0.15) is 25.3 Å². The van der Waals surface area contributed by atoms with Gasteiger partial charge in [0.25, 0.3) is 0 Å². The molecule has 0 spiro atoms. The molecule has 1 heterocycles. The normalized spacial score (nSPS) is 17.0. The molecule has 0 radical (unpaired) electrons. The van der Waals surface area contributed by atoms with Gasteiger partial charge in [0.2, 0.25) is 0 Å². The summed E-state index contributed by atoms with van der Waals surface area (Å²) in [6.07, 6.45) is 1.71. The zero-order chi connectivity index (χ0) is 16.9. The fourth-order valence-electron chi connectivity index (χ4n) is 2.73. The highest BCUT2D eigenvalue weighted by atomic mass is 127. The molecular formula is C17H24Cl2IN3O. The van der Waals surface area contributed by atoms with Gasteiger partial charge < -0.3 is 15.8 Å². The summed E-state index contributed by atoms with van der Waals surface area (Å²) in [7, 11) is 0. The maximum atomic E-state index is 6.44. The molecular weight excluding hydrogens is 460 g/mol. The van der Waals surface area contributed by atoms with E-state index >= 15 is 0 Å². The third-order valence-corrected chi connectivity index (χ3v) is 4.62. The number of benzene rings is 1. The highest BCUT2D eigenvalue weighted by molar-refractivity contribution is 14.0. The highest BCUT2D eigenvalue weighted by Crippen LogP contribution is 2.39. The van der Waals surface area contributed by atoms with E-state index in [1.807, 2.05) is 19.1 Å². The van der Waals surface area contributed by atoms with Crippen LogP contribution in [0.25, 0.3) is 0 Å². The lowest BCUT2D eigenvalue weighted by Gasteiger charge is -2.37. The predicted molar refractivity (Wildman–Crippen MR) is 113 cm³/mol. The Bertz CT molecular complexity index is 601. The highest BCUT2D eigenvalue weighted by Gasteiger charge is 2.36. The molecule has 3 N–H and O–H groups in total. The van der Waals surface area contributed by atoms with Gasteiger partial charge in [-0.05, 0) is 37.5 Å². The molecule has 1 saturated heterocycles. The number of hydrogen-bond acceptors (Lipinski definition) is 2. The van der Waals surface area contributed by atoms with E-state index < -0.39 is 0 Å². The third-order valence-electron chi connectivity index (χ3n) is 4.08. The van der Waals surface area contributed by atoms with Crippen LogP contribution in [0.2, 0.25) is 10.0 Å². The first-order valence-electron chi connectivity index (χ1n) is 7.64. The minimum Gasteiger partial charge on any atom is -0.381 e. The van der Waals surface area contributed by atoms with Crippen molar-refractivity contribution in [1.29, 1.82) is 0 Å². The Morgan fingerprint density at radius 3 is 2.62 bits per heavy atom. The molecule has 0 bridgehead atoms. The Hall–Kier alpha value is -0.500. The van der Waals surface area contributed by atoms with Gasteiger partial charge in [0.15, 0.2) is 5.96 Å². The van der Waals surface area contributed by atoms with Crippen molar-refractivity contribution in [1.82, 2.24) is 5.32 Å². The lowest BCUT2D eigenvalue weighted by atomic mass is 9.74. The molecule has 0 saturated carbocycles. The molecule has 1 fully saturated rings. The standard InChI is InChI=1S/C17H23Cl2N3O.HI/c1-12(2)10-21-16(20)22-11-17(5-7-23-8-6-17)14-4-3-13(18)9-15(14)19;/h3-4,9H,1,5-8,10-11H2,2H3,(H3,20,21,22);1H. The molecule has 2 rings (SSSR count). The van der Waals surface area contributed by atoms with Crippen molar-refractivity contribution in [3.05, 3.63) is 46.0 Å². The Kier molecular flexibility index (Phi) is 8.84. The second-order valence-electron chi connectivity index (χ2n) is 6.03. The monoisotopic (exact) mass is 483 g/mol. The Morgan fingerprint density at radius 2 is 2.04 bits per heavy atom. The van der Waals surface area contributed by atoms with Crippen molar-refractivity contribution in [2.24, 2.45) is 10.7 Å². The topological polar surface area (TPSA) is 59.6 Å². The van der Waals surface area contributed by atoms with E-state index in [4.69, 9.17) is 33.7 Å². The second kappa shape index (κ2) is 9.85. The zero-order valence-electron chi connectivity index (χ0n) is 13.8. The van der Waals surface area contributed by atoms with Crippen molar-refractivity contribution in [3.8, 4) is 0 Å². The van der Waals surface area contributed by atoms with E-state index in [1.165, 1.54) is 0 Å². The molecule has 24 heavy (non-hydrogen) atoms. The third kappa shape index (κ3) is 5.79. The lowest BCUT2D eigenvalue weighted by molar-refractivity contribution is 0.0531. The van der Waals surface area contributed by atoms with Crippen LogP contribution in [0.5, 0.6) is 0 Å². The quantitative estimate of drug-likeness (QED) is 0.286. The molecule has 1 aromatic carbocycles. The average molecular weight is 484 g/mol. The molecule has 0 amide bonds. The number of hydrogen-bond donors (Lipinski definition) is 2. The van der Waals surface area contributed by atoms with Gasteiger partial charge in [0.1, 0.15) is 0 Å². The van der Waals surface area contributed by atoms with Crippen LogP contribution in [0.3, 0.4) is 0 Å². The first-order chi connectivity index (χ1) is 10.9. The molecule has 7 heteroatoms. The molecule has 0 aromatic heterocycles. The van der Waals surface area contributed by atoms with Crippen molar-refractivity contribution in [2.45, 2.75) is 25.2 Å². The van der Waals surface area contributed by atoms with Gasteiger partial charge in [-0.3, -0.25) is 4.99 Å². The first-order valence-corrected chi connectivity index (χ1v) is 8.40. The van der Waals surface area contributed by atoms with Gasteiger partial charge in [-0.25, -0.2) is 0 Å². The summed E-state index contributed by atoms with van der Waals surface area (Å²) in [5.74, 6) is 0.420. The predicted octanol–water partition coefficient (Wildman–Crippen LogP) is 4.14. The molecule has 0 aliphatic carbocycles. The van der Waals surface area contributed by atoms with Crippen LogP contribution in [-0.2, 0) is 10.2 Å². The van der Waals surface area contributed by atoms with Gasteiger partial charge in [0.05, 0.1) is 6.54 Å². The molecule has 1 aromatic rings. The maximum absolute atomic E-state index is 6.44. The number of ether oxygens (including phenoxy) is 1. The number of guanidine groups is 1. The van der Waals surface area contributed by atoms with Crippen LogP contribution in [0, 0.1) is 0 Å². The maximum Gasteiger partial charge on any atom is 0.188 e. The minimum absolute atomic E-state index is 0. The van der Waals surface area contributed by atoms with E-state index in [1.54, 1.807) is 6.07 Å². The molecule has 1 aliphatic rings.